The Morgan fingerprint density at radius 1 is 1.22 bits per heavy atom. The van der Waals surface area contributed by atoms with Crippen molar-refractivity contribution in [1.82, 2.24) is 10.2 Å². The fourth-order valence-electron chi connectivity index (χ4n) is 3.26. The minimum absolute atomic E-state index is 0.325. The van der Waals surface area contributed by atoms with Crippen LogP contribution in [0.2, 0.25) is 0 Å². The first-order valence-electron chi connectivity index (χ1n) is 7.83. The lowest BCUT2D eigenvalue weighted by molar-refractivity contribution is 0.0226. The highest BCUT2D eigenvalue weighted by atomic mass is 15.3. The van der Waals surface area contributed by atoms with E-state index in [0.29, 0.717) is 11.1 Å². The molecule has 1 aliphatic heterocycles. The van der Waals surface area contributed by atoms with Crippen LogP contribution in [-0.4, -0.2) is 35.6 Å². The molecule has 0 spiro atoms. The van der Waals surface area contributed by atoms with Crippen LogP contribution < -0.4 is 5.32 Å². The first-order chi connectivity index (χ1) is 8.33. The maximum atomic E-state index is 3.84. The van der Waals surface area contributed by atoms with E-state index in [0.717, 1.165) is 18.4 Å². The molecular weight excluding hydrogens is 220 g/mol. The summed E-state index contributed by atoms with van der Waals surface area (Å²) in [6, 6.07) is 0. The second-order valence-electron chi connectivity index (χ2n) is 7.82. The summed E-state index contributed by atoms with van der Waals surface area (Å²) < 4.78 is 0. The van der Waals surface area contributed by atoms with Crippen molar-refractivity contribution in [3.8, 4) is 0 Å². The predicted octanol–water partition coefficient (Wildman–Crippen LogP) is 3.28. The smallest absolute Gasteiger partial charge is 0.0309 e. The molecule has 0 bridgehead atoms. The molecule has 1 unspecified atom stereocenters. The van der Waals surface area contributed by atoms with Gasteiger partial charge in [0.2, 0.25) is 0 Å². The molecule has 1 N–H and O–H groups in total. The molecule has 2 heteroatoms. The molecule has 1 heterocycles. The lowest BCUT2D eigenvalue weighted by Crippen LogP contribution is -2.68. The molecule has 2 aliphatic rings. The van der Waals surface area contributed by atoms with Crippen LogP contribution in [0.15, 0.2) is 0 Å². The van der Waals surface area contributed by atoms with Crippen molar-refractivity contribution < 1.29 is 0 Å². The Morgan fingerprint density at radius 3 is 2.44 bits per heavy atom. The van der Waals surface area contributed by atoms with Crippen LogP contribution in [0.3, 0.4) is 0 Å². The van der Waals surface area contributed by atoms with E-state index in [-0.39, 0.29) is 0 Å². The molecule has 0 aromatic heterocycles. The summed E-state index contributed by atoms with van der Waals surface area (Å²) in [7, 11) is 0. The second kappa shape index (κ2) is 5.13. The van der Waals surface area contributed by atoms with Gasteiger partial charge in [-0.25, -0.2) is 0 Å². The molecule has 106 valence electrons. The Bertz CT molecular complexity index is 281. The zero-order valence-corrected chi connectivity index (χ0v) is 13.1. The van der Waals surface area contributed by atoms with Gasteiger partial charge in [0, 0.05) is 24.2 Å². The molecule has 18 heavy (non-hydrogen) atoms. The van der Waals surface area contributed by atoms with E-state index in [1.165, 1.54) is 38.8 Å². The van der Waals surface area contributed by atoms with Crippen LogP contribution in [0.5, 0.6) is 0 Å². The predicted molar refractivity (Wildman–Crippen MR) is 78.9 cm³/mol. The lowest BCUT2D eigenvalue weighted by atomic mass is 9.86. The Hall–Kier alpha value is -0.0800. The summed E-state index contributed by atoms with van der Waals surface area (Å²) in [5, 5.41) is 3.84. The van der Waals surface area contributed by atoms with Crippen LogP contribution in [0.25, 0.3) is 0 Å². The van der Waals surface area contributed by atoms with Crippen molar-refractivity contribution in [2.24, 2.45) is 11.8 Å². The topological polar surface area (TPSA) is 15.3 Å². The maximum Gasteiger partial charge on any atom is 0.0309 e. The third-order valence-electron chi connectivity index (χ3n) is 4.99. The van der Waals surface area contributed by atoms with Crippen LogP contribution in [-0.2, 0) is 0 Å². The molecular formula is C16H32N2. The van der Waals surface area contributed by atoms with Crippen LogP contribution in [0, 0.1) is 11.8 Å². The molecule has 1 saturated carbocycles. The lowest BCUT2D eigenvalue weighted by Gasteiger charge is -2.51. The van der Waals surface area contributed by atoms with Gasteiger partial charge in [0.15, 0.2) is 0 Å². The quantitative estimate of drug-likeness (QED) is 0.808. The largest absolute Gasteiger partial charge is 0.308 e. The molecule has 0 aromatic carbocycles. The van der Waals surface area contributed by atoms with Crippen molar-refractivity contribution in [3.05, 3.63) is 0 Å². The summed E-state index contributed by atoms with van der Waals surface area (Å²) in [6.45, 7) is 15.5. The van der Waals surface area contributed by atoms with E-state index in [9.17, 15) is 0 Å². The molecule has 1 atom stereocenters. The summed E-state index contributed by atoms with van der Waals surface area (Å²) in [6.07, 6.45) is 5.58. The molecule has 2 rings (SSSR count). The monoisotopic (exact) mass is 252 g/mol. The summed E-state index contributed by atoms with van der Waals surface area (Å²) in [5.41, 5.74) is 0.707. The van der Waals surface area contributed by atoms with E-state index in [1.807, 2.05) is 0 Å². The Kier molecular flexibility index (Phi) is 4.08. The number of nitrogens with one attached hydrogen (secondary N) is 1. The van der Waals surface area contributed by atoms with Crippen LogP contribution in [0.1, 0.15) is 60.3 Å². The van der Waals surface area contributed by atoms with E-state index < -0.39 is 0 Å². The molecule has 1 saturated heterocycles. The number of rotatable bonds is 5. The fourth-order valence-corrected chi connectivity index (χ4v) is 3.26. The zero-order valence-electron chi connectivity index (χ0n) is 13.1. The Balaban J connectivity index is 1.91. The highest BCUT2D eigenvalue weighted by molar-refractivity contribution is 5.06. The summed E-state index contributed by atoms with van der Waals surface area (Å²) >= 11 is 0. The van der Waals surface area contributed by atoms with Crippen molar-refractivity contribution >= 4 is 0 Å². The third-order valence-corrected chi connectivity index (χ3v) is 4.99. The van der Waals surface area contributed by atoms with Gasteiger partial charge in [-0.1, -0.05) is 13.8 Å². The number of hydrogen-bond donors (Lipinski definition) is 1. The van der Waals surface area contributed by atoms with Gasteiger partial charge in [0.05, 0.1) is 0 Å². The van der Waals surface area contributed by atoms with Crippen molar-refractivity contribution in [1.29, 1.82) is 0 Å². The molecule has 1 aliphatic carbocycles. The fraction of sp³-hybridized carbons (Fsp3) is 1.00. The molecule has 2 fully saturated rings. The molecule has 0 radical (unpaired) electrons. The van der Waals surface area contributed by atoms with Crippen molar-refractivity contribution in [2.75, 3.05) is 19.6 Å². The van der Waals surface area contributed by atoms with Gasteiger partial charge >= 0.3 is 0 Å². The minimum atomic E-state index is 0.325. The van der Waals surface area contributed by atoms with Crippen molar-refractivity contribution in [2.45, 2.75) is 71.4 Å². The van der Waals surface area contributed by atoms with E-state index in [1.54, 1.807) is 0 Å². The van der Waals surface area contributed by atoms with Crippen molar-refractivity contribution in [3.63, 3.8) is 0 Å². The van der Waals surface area contributed by atoms with Gasteiger partial charge in [-0.2, -0.15) is 0 Å². The first kappa shape index (κ1) is 14.3. The highest BCUT2D eigenvalue weighted by Crippen LogP contribution is 2.42. The van der Waals surface area contributed by atoms with Gasteiger partial charge in [0.25, 0.3) is 0 Å². The van der Waals surface area contributed by atoms with E-state index >= 15 is 0 Å². The van der Waals surface area contributed by atoms with Gasteiger partial charge in [-0.15, -0.1) is 0 Å². The summed E-state index contributed by atoms with van der Waals surface area (Å²) in [4.78, 5) is 2.74. The summed E-state index contributed by atoms with van der Waals surface area (Å²) in [5.74, 6) is 1.77. The maximum absolute atomic E-state index is 3.84. The van der Waals surface area contributed by atoms with Crippen LogP contribution in [0.4, 0.5) is 0 Å². The average Bonchev–Trinajstić information content (AvgIpc) is 3.07. The number of piperazine rings is 1. The zero-order chi connectivity index (χ0) is 13.4. The first-order valence-corrected chi connectivity index (χ1v) is 7.83. The normalized spacial score (nSPS) is 33.0. The number of nitrogens with zero attached hydrogens (tertiary/aromatic N) is 1. The highest BCUT2D eigenvalue weighted by Gasteiger charge is 2.47. The molecule has 2 nitrogen and oxygen atoms in total. The molecule has 0 aromatic rings. The average molecular weight is 252 g/mol. The van der Waals surface area contributed by atoms with Gasteiger partial charge in [-0.05, 0) is 64.8 Å². The Labute approximate surface area is 114 Å². The third kappa shape index (κ3) is 3.27. The Morgan fingerprint density at radius 2 is 1.89 bits per heavy atom. The minimum Gasteiger partial charge on any atom is -0.308 e. The van der Waals surface area contributed by atoms with Gasteiger partial charge in [-0.3, -0.25) is 4.90 Å². The van der Waals surface area contributed by atoms with E-state index in [2.05, 4.69) is 44.8 Å². The van der Waals surface area contributed by atoms with Gasteiger partial charge in [0.1, 0.15) is 0 Å². The number of hydrogen-bond acceptors (Lipinski definition) is 2. The molecule has 0 amide bonds. The second-order valence-corrected chi connectivity index (χ2v) is 7.82. The SMILES string of the molecule is CC(C)CCCN1CC(C)(C2CC2)NCC1(C)C. The van der Waals surface area contributed by atoms with E-state index in [4.69, 9.17) is 0 Å². The van der Waals surface area contributed by atoms with Crippen LogP contribution >= 0.6 is 0 Å². The van der Waals surface area contributed by atoms with Gasteiger partial charge < -0.3 is 5.32 Å². The standard InChI is InChI=1S/C16H32N2/c1-13(2)7-6-10-18-12-16(5,14-8-9-14)17-11-15(18,3)4/h13-14,17H,6-12H2,1-5H3.